The van der Waals surface area contributed by atoms with Crippen molar-refractivity contribution in [1.29, 1.82) is 0 Å². The van der Waals surface area contributed by atoms with E-state index in [1.165, 1.54) is 22.9 Å². The molecule has 2 aromatic rings. The summed E-state index contributed by atoms with van der Waals surface area (Å²) in [5.74, 6) is -1.33. The van der Waals surface area contributed by atoms with Gasteiger partial charge in [-0.15, -0.1) is 11.3 Å². The van der Waals surface area contributed by atoms with Crippen molar-refractivity contribution < 1.29 is 14.7 Å². The summed E-state index contributed by atoms with van der Waals surface area (Å²) in [7, 11) is 0. The number of aryl methyl sites for hydroxylation is 1. The normalized spacial score (nSPS) is 10.4. The zero-order valence-corrected chi connectivity index (χ0v) is 11.0. The summed E-state index contributed by atoms with van der Waals surface area (Å²) in [4.78, 5) is 26.3. The highest BCUT2D eigenvalue weighted by atomic mass is 32.1. The second-order valence-corrected chi connectivity index (χ2v) is 4.64. The summed E-state index contributed by atoms with van der Waals surface area (Å²) in [6.07, 6.45) is 3.14. The maximum atomic E-state index is 11.8. The van der Waals surface area contributed by atoms with E-state index in [1.54, 1.807) is 10.9 Å². The van der Waals surface area contributed by atoms with Crippen LogP contribution in [-0.4, -0.2) is 31.7 Å². The SMILES string of the molecule is CCn1cc(C(=O)NCc2nc(C(=O)O)cs2)cn1. The highest BCUT2D eigenvalue weighted by Crippen LogP contribution is 2.09. The molecule has 7 nitrogen and oxygen atoms in total. The Morgan fingerprint density at radius 2 is 2.32 bits per heavy atom. The first-order chi connectivity index (χ1) is 9.10. The van der Waals surface area contributed by atoms with Gasteiger partial charge < -0.3 is 10.4 Å². The van der Waals surface area contributed by atoms with Crippen molar-refractivity contribution in [2.75, 3.05) is 0 Å². The van der Waals surface area contributed by atoms with Crippen molar-refractivity contribution in [3.05, 3.63) is 34.0 Å². The molecule has 19 heavy (non-hydrogen) atoms. The molecule has 2 aromatic heterocycles. The van der Waals surface area contributed by atoms with E-state index >= 15 is 0 Å². The Balaban J connectivity index is 1.94. The summed E-state index contributed by atoms with van der Waals surface area (Å²) in [6, 6.07) is 0. The van der Waals surface area contributed by atoms with Crippen LogP contribution in [0, 0.1) is 0 Å². The molecule has 2 heterocycles. The summed E-state index contributed by atoms with van der Waals surface area (Å²) in [5, 5.41) is 17.4. The number of hydrogen-bond acceptors (Lipinski definition) is 5. The predicted molar refractivity (Wildman–Crippen MR) is 68.1 cm³/mol. The minimum atomic E-state index is -1.07. The Morgan fingerprint density at radius 1 is 1.53 bits per heavy atom. The zero-order valence-electron chi connectivity index (χ0n) is 10.2. The molecular formula is C11H12N4O3S. The number of carboxylic acid groups (broad SMARTS) is 1. The molecule has 0 bridgehead atoms. The van der Waals surface area contributed by atoms with Crippen LogP contribution < -0.4 is 5.32 Å². The summed E-state index contributed by atoms with van der Waals surface area (Å²) >= 11 is 1.20. The molecular weight excluding hydrogens is 268 g/mol. The van der Waals surface area contributed by atoms with Crippen LogP contribution in [0.5, 0.6) is 0 Å². The van der Waals surface area contributed by atoms with Crippen molar-refractivity contribution in [3.8, 4) is 0 Å². The summed E-state index contributed by atoms with van der Waals surface area (Å²) in [5.41, 5.74) is 0.463. The summed E-state index contributed by atoms with van der Waals surface area (Å²) in [6.45, 7) is 2.83. The molecule has 0 unspecified atom stereocenters. The van der Waals surface area contributed by atoms with Gasteiger partial charge in [0.1, 0.15) is 5.01 Å². The van der Waals surface area contributed by atoms with E-state index in [9.17, 15) is 9.59 Å². The number of hydrogen-bond donors (Lipinski definition) is 2. The minimum absolute atomic E-state index is 0.00643. The van der Waals surface area contributed by atoms with Crippen LogP contribution >= 0.6 is 11.3 Å². The van der Waals surface area contributed by atoms with Crippen LogP contribution in [-0.2, 0) is 13.1 Å². The first-order valence-corrected chi connectivity index (χ1v) is 6.46. The first-order valence-electron chi connectivity index (χ1n) is 5.58. The largest absolute Gasteiger partial charge is 0.476 e. The van der Waals surface area contributed by atoms with Gasteiger partial charge in [-0.05, 0) is 6.92 Å². The van der Waals surface area contributed by atoms with Gasteiger partial charge in [0.05, 0.1) is 18.3 Å². The van der Waals surface area contributed by atoms with Crippen molar-refractivity contribution in [3.63, 3.8) is 0 Å². The number of nitrogens with zero attached hydrogens (tertiary/aromatic N) is 3. The molecule has 2 N–H and O–H groups in total. The van der Waals surface area contributed by atoms with E-state index in [2.05, 4.69) is 15.4 Å². The fourth-order valence-electron chi connectivity index (χ4n) is 1.40. The van der Waals surface area contributed by atoms with Gasteiger partial charge in [0.25, 0.3) is 5.91 Å². The van der Waals surface area contributed by atoms with Crippen molar-refractivity contribution >= 4 is 23.2 Å². The monoisotopic (exact) mass is 280 g/mol. The summed E-state index contributed by atoms with van der Waals surface area (Å²) < 4.78 is 1.65. The van der Waals surface area contributed by atoms with Crippen LogP contribution in [0.2, 0.25) is 0 Å². The molecule has 8 heteroatoms. The first kappa shape index (κ1) is 13.2. The standard InChI is InChI=1S/C11H12N4O3S/c1-2-15-5-7(3-13-15)10(16)12-4-9-14-8(6-19-9)11(17)18/h3,5-6H,2,4H2,1H3,(H,12,16)(H,17,18). The lowest BCUT2D eigenvalue weighted by Gasteiger charge is -1.99. The Labute approximate surface area is 112 Å². The number of thiazole rings is 1. The lowest BCUT2D eigenvalue weighted by molar-refractivity contribution is 0.0691. The smallest absolute Gasteiger partial charge is 0.355 e. The Morgan fingerprint density at radius 3 is 2.89 bits per heavy atom. The fraction of sp³-hybridized carbons (Fsp3) is 0.273. The van der Waals surface area contributed by atoms with Gasteiger partial charge in [-0.1, -0.05) is 0 Å². The van der Waals surface area contributed by atoms with Crippen molar-refractivity contribution in [2.45, 2.75) is 20.0 Å². The van der Waals surface area contributed by atoms with Gasteiger partial charge in [-0.3, -0.25) is 9.48 Å². The average Bonchev–Trinajstić information content (AvgIpc) is 3.04. The van der Waals surface area contributed by atoms with Crippen LogP contribution in [0.25, 0.3) is 0 Å². The van der Waals surface area contributed by atoms with Crippen molar-refractivity contribution in [1.82, 2.24) is 20.1 Å². The molecule has 0 spiro atoms. The topological polar surface area (TPSA) is 97.1 Å². The fourth-order valence-corrected chi connectivity index (χ4v) is 2.11. The molecule has 0 aliphatic heterocycles. The number of aromatic nitrogens is 3. The molecule has 0 aliphatic rings. The number of nitrogens with one attached hydrogen (secondary N) is 1. The van der Waals surface area contributed by atoms with Crippen LogP contribution in [0.4, 0.5) is 0 Å². The van der Waals surface area contributed by atoms with Gasteiger partial charge in [-0.25, -0.2) is 9.78 Å². The highest BCUT2D eigenvalue weighted by Gasteiger charge is 2.11. The molecule has 0 atom stereocenters. The van der Waals surface area contributed by atoms with Crippen LogP contribution in [0.3, 0.4) is 0 Å². The molecule has 0 aromatic carbocycles. The Kier molecular flexibility index (Phi) is 3.91. The molecule has 0 saturated carbocycles. The lowest BCUT2D eigenvalue weighted by atomic mass is 10.3. The molecule has 0 saturated heterocycles. The van der Waals surface area contributed by atoms with E-state index in [0.717, 1.165) is 0 Å². The van der Waals surface area contributed by atoms with Gasteiger partial charge in [0, 0.05) is 18.1 Å². The molecule has 2 rings (SSSR count). The van der Waals surface area contributed by atoms with Gasteiger partial charge in [0.2, 0.25) is 0 Å². The van der Waals surface area contributed by atoms with E-state index < -0.39 is 5.97 Å². The third kappa shape index (κ3) is 3.16. The van der Waals surface area contributed by atoms with Crippen LogP contribution in [0.1, 0.15) is 32.8 Å². The number of carbonyl (C=O) groups is 2. The number of rotatable bonds is 5. The Hall–Kier alpha value is -2.22. The predicted octanol–water partition coefficient (Wildman–Crippen LogP) is 0.988. The van der Waals surface area contributed by atoms with Gasteiger partial charge >= 0.3 is 5.97 Å². The molecule has 0 fully saturated rings. The zero-order chi connectivity index (χ0) is 13.8. The minimum Gasteiger partial charge on any atom is -0.476 e. The van der Waals surface area contributed by atoms with E-state index in [1.807, 2.05) is 6.92 Å². The second-order valence-electron chi connectivity index (χ2n) is 3.70. The third-order valence-electron chi connectivity index (χ3n) is 2.39. The quantitative estimate of drug-likeness (QED) is 0.851. The molecule has 1 amide bonds. The lowest BCUT2D eigenvalue weighted by Crippen LogP contribution is -2.22. The molecule has 0 radical (unpaired) electrons. The van der Waals surface area contributed by atoms with E-state index in [-0.39, 0.29) is 18.1 Å². The molecule has 0 aliphatic carbocycles. The average molecular weight is 280 g/mol. The van der Waals surface area contributed by atoms with Crippen LogP contribution in [0.15, 0.2) is 17.8 Å². The second kappa shape index (κ2) is 5.61. The Bertz CT molecular complexity index is 605. The number of amides is 1. The number of aromatic carboxylic acids is 1. The highest BCUT2D eigenvalue weighted by molar-refractivity contribution is 7.09. The van der Waals surface area contributed by atoms with E-state index in [0.29, 0.717) is 17.1 Å². The van der Waals surface area contributed by atoms with Gasteiger partial charge in [-0.2, -0.15) is 5.10 Å². The van der Waals surface area contributed by atoms with E-state index in [4.69, 9.17) is 5.11 Å². The third-order valence-corrected chi connectivity index (χ3v) is 3.24. The number of carbonyl (C=O) groups excluding carboxylic acids is 1. The number of carboxylic acids is 1. The maximum absolute atomic E-state index is 11.8. The maximum Gasteiger partial charge on any atom is 0.355 e. The molecule has 100 valence electrons. The van der Waals surface area contributed by atoms with Gasteiger partial charge in [0.15, 0.2) is 5.69 Å². The van der Waals surface area contributed by atoms with Crippen molar-refractivity contribution in [2.24, 2.45) is 0 Å².